The number of rotatable bonds is 76. The predicted octanol–water partition coefficient (Wildman–Crippen LogP) is 33.1. The number of ether oxygens (including phenoxy) is 2. The van der Waals surface area contributed by atoms with Gasteiger partial charge in [-0.1, -0.05) is 461 Å². The molecule has 133 heavy (non-hydrogen) atoms. The summed E-state index contributed by atoms with van der Waals surface area (Å²) < 4.78 is 15.1. The Labute approximate surface area is 849 Å². The lowest BCUT2D eigenvalue weighted by atomic mass is 9.82. The van der Waals surface area contributed by atoms with Crippen molar-refractivity contribution in [2.24, 2.45) is 11.8 Å². The van der Waals surface area contributed by atoms with E-state index in [1.165, 1.54) is 372 Å². The van der Waals surface area contributed by atoms with Crippen molar-refractivity contribution in [1.29, 1.82) is 0 Å². The first-order valence-corrected chi connectivity index (χ1v) is 56.7. The summed E-state index contributed by atoms with van der Waals surface area (Å²) in [6.45, 7) is 9.76. The molecule has 0 aliphatic heterocycles. The largest absolute Gasteiger partial charge is 1.00 e. The molecule has 17 heteroatoms. The number of carbonyl (C=O) groups is 6. The Hall–Kier alpha value is -5.30. The van der Waals surface area contributed by atoms with Crippen molar-refractivity contribution < 1.29 is 70.8 Å². The number of anilines is 2. The summed E-state index contributed by atoms with van der Waals surface area (Å²) in [5.74, 6) is -1.96. The molecule has 0 saturated carbocycles. The summed E-state index contributed by atoms with van der Waals surface area (Å²) in [5, 5.41) is 26.6. The van der Waals surface area contributed by atoms with Gasteiger partial charge < -0.3 is 42.0 Å². The highest BCUT2D eigenvalue weighted by molar-refractivity contribution is 9.11. The van der Waals surface area contributed by atoms with E-state index >= 15 is 0 Å². The summed E-state index contributed by atoms with van der Waals surface area (Å²) in [5.41, 5.74) is 6.09. The summed E-state index contributed by atoms with van der Waals surface area (Å²) in [7, 11) is 0. The molecule has 2 aliphatic carbocycles. The SMILES string of the molecule is CCCCCCCCCCCCCCCCCCC(CCCCCCCCCCCCCCCC)C(=O)OCCc1cc(Br)c(Nc2ccc(O)c3c2C(=O)c2ccccc2C3=O)c(Br)c1.CCCCCCCCCCCCCCCCCCC(CCCCCCCCCCCCCCCC)C(=O)OCCc1cc(Br)c([NH2+]c2ccc(O)c3c2C(=O)c2ccccc2C3=O)c(Br)c1.[Br-]. The third kappa shape index (κ3) is 44.4. The van der Waals surface area contributed by atoms with E-state index in [1.54, 1.807) is 60.7 Å². The molecule has 2 unspecified atom stereocenters. The van der Waals surface area contributed by atoms with Gasteiger partial charge in [-0.3, -0.25) is 34.1 Å². The van der Waals surface area contributed by atoms with Crippen LogP contribution in [-0.4, -0.2) is 58.5 Å². The Morgan fingerprint density at radius 2 is 0.541 bits per heavy atom. The molecule has 2 aliphatic rings. The Kier molecular flexibility index (Phi) is 63.1. The number of benzene rings is 6. The summed E-state index contributed by atoms with van der Waals surface area (Å²) in [6.07, 6.45) is 85.0. The van der Waals surface area contributed by atoms with Crippen molar-refractivity contribution >= 4 is 122 Å². The summed E-state index contributed by atoms with van der Waals surface area (Å²) in [6, 6.07) is 27.7. The van der Waals surface area contributed by atoms with Crippen LogP contribution in [0.15, 0.2) is 115 Å². The van der Waals surface area contributed by atoms with Crippen LogP contribution in [0.5, 0.6) is 11.5 Å². The molecule has 0 heterocycles. The highest BCUT2D eigenvalue weighted by Crippen LogP contribution is 2.43. The number of fused-ring (bicyclic) bond motifs is 4. The lowest BCUT2D eigenvalue weighted by molar-refractivity contribution is -0.480. The van der Waals surface area contributed by atoms with E-state index in [-0.39, 0.29) is 103 Å². The van der Waals surface area contributed by atoms with E-state index in [1.807, 2.05) is 29.6 Å². The van der Waals surface area contributed by atoms with Gasteiger partial charge in [0.1, 0.15) is 17.2 Å². The van der Waals surface area contributed by atoms with Gasteiger partial charge in [0.2, 0.25) is 5.78 Å². The number of ketones is 4. The Bertz CT molecular complexity index is 3980. The summed E-state index contributed by atoms with van der Waals surface area (Å²) in [4.78, 5) is 81.4. The number of hydrogen-bond donors (Lipinski definition) is 4. The van der Waals surface area contributed by atoms with Crippen molar-refractivity contribution in [1.82, 2.24) is 0 Å². The second-order valence-electron chi connectivity index (χ2n) is 38.6. The normalized spacial score (nSPS) is 12.5. The molecule has 0 spiro atoms. The molecule has 5 N–H and O–H groups in total. The van der Waals surface area contributed by atoms with E-state index in [0.717, 1.165) is 86.1 Å². The minimum atomic E-state index is -0.378. The fourth-order valence-electron chi connectivity index (χ4n) is 19.3. The molecule has 6 aromatic rings. The van der Waals surface area contributed by atoms with Gasteiger partial charge in [0.25, 0.3) is 0 Å². The molecule has 6 aromatic carbocycles. The minimum absolute atomic E-state index is 0. The van der Waals surface area contributed by atoms with E-state index in [0.29, 0.717) is 59.8 Å². The zero-order valence-electron chi connectivity index (χ0n) is 82.6. The van der Waals surface area contributed by atoms with E-state index in [4.69, 9.17) is 9.47 Å². The molecule has 740 valence electrons. The van der Waals surface area contributed by atoms with Crippen LogP contribution < -0.4 is 27.6 Å². The molecule has 12 nitrogen and oxygen atoms in total. The number of hydrogen-bond acceptors (Lipinski definition) is 11. The smallest absolute Gasteiger partial charge is 0.308 e. The van der Waals surface area contributed by atoms with Crippen LogP contribution in [-0.2, 0) is 31.9 Å². The maximum atomic E-state index is 13.7. The first-order valence-electron chi connectivity index (χ1n) is 53.5. The number of aromatic hydroxyl groups is 2. The van der Waals surface area contributed by atoms with Crippen molar-refractivity contribution in [3.63, 3.8) is 0 Å². The van der Waals surface area contributed by atoms with Crippen molar-refractivity contribution in [2.45, 2.75) is 451 Å². The fourth-order valence-corrected chi connectivity index (χ4v) is 22.3. The molecule has 0 bridgehead atoms. The number of unbranched alkanes of at least 4 members (excludes halogenated alkanes) is 56. The van der Waals surface area contributed by atoms with Crippen molar-refractivity contribution in [3.05, 3.63) is 171 Å². The topological polar surface area (TPSA) is 190 Å². The molecular weight excluding hydrogens is 1980 g/mol. The second kappa shape index (κ2) is 72.0. The predicted molar refractivity (Wildman–Crippen MR) is 566 cm³/mol. The van der Waals surface area contributed by atoms with Crippen molar-refractivity contribution in [2.75, 3.05) is 18.5 Å². The van der Waals surface area contributed by atoms with E-state index in [2.05, 4.69) is 96.7 Å². The molecule has 0 fully saturated rings. The molecular formula is C116H171Br5N2O10. The third-order valence-electron chi connectivity index (χ3n) is 27.5. The Morgan fingerprint density at radius 1 is 0.308 bits per heavy atom. The third-order valence-corrected chi connectivity index (χ3v) is 30.1. The van der Waals surface area contributed by atoms with Gasteiger partial charge in [0, 0.05) is 50.1 Å². The van der Waals surface area contributed by atoms with Gasteiger partial charge >= 0.3 is 11.9 Å². The molecule has 0 amide bonds. The van der Waals surface area contributed by atoms with Crippen LogP contribution in [0.1, 0.15) is 513 Å². The molecule has 0 radical (unpaired) electrons. The number of halogens is 5. The van der Waals surface area contributed by atoms with E-state index in [9.17, 15) is 39.0 Å². The number of phenols is 2. The van der Waals surface area contributed by atoms with Crippen LogP contribution in [0.25, 0.3) is 0 Å². The van der Waals surface area contributed by atoms with Crippen LogP contribution in [0.4, 0.5) is 22.7 Å². The molecule has 0 aromatic heterocycles. The number of carbonyl (C=O) groups excluding carboxylic acids is 6. The average molecular weight is 2150 g/mol. The number of nitrogens with two attached hydrogens (primary N) is 1. The number of quaternary nitrogens is 1. The number of esters is 2. The Balaban J connectivity index is 0.000000406. The molecule has 8 rings (SSSR count). The minimum Gasteiger partial charge on any atom is -1.00 e. The van der Waals surface area contributed by atoms with Crippen molar-refractivity contribution in [3.8, 4) is 11.5 Å². The van der Waals surface area contributed by atoms with E-state index < -0.39 is 0 Å². The fraction of sp³-hybridized carbons (Fsp3) is 0.638. The molecule has 2 atom stereocenters. The second-order valence-corrected chi connectivity index (χ2v) is 42.0. The van der Waals surface area contributed by atoms with Crippen LogP contribution >= 0.6 is 63.7 Å². The Morgan fingerprint density at radius 3 is 0.820 bits per heavy atom. The highest BCUT2D eigenvalue weighted by Gasteiger charge is 2.38. The quantitative estimate of drug-likeness (QED) is 0.0123. The van der Waals surface area contributed by atoms with Gasteiger partial charge in [0.05, 0.1) is 67.6 Å². The maximum absolute atomic E-state index is 13.7. The zero-order chi connectivity index (χ0) is 94.4. The summed E-state index contributed by atoms with van der Waals surface area (Å²) >= 11 is 14.9. The zero-order valence-corrected chi connectivity index (χ0v) is 90.5. The standard InChI is InChI=1S/2C58H85Br2NO5.BrH/c2*1-3-5-7-9-11-13-15-17-19-20-22-24-26-28-30-32-36-46(35-31-29-27-25-23-21-18-16-14-12-10-8-6-4-2)58(65)66-42-41-45-43-49(59)55(50(60)44-45)61-51-39-40-52(62)54-53(51)56(63)47-37-33-34-38-48(47)57(54)64;/h2*33-34,37-40,43-44,46,61-62H,3-32,35-36,41-42H2,1-2H3;1H. The monoisotopic (exact) mass is 2150 g/mol. The van der Waals surface area contributed by atoms with Crippen LogP contribution in [0, 0.1) is 11.8 Å². The lowest BCUT2D eigenvalue weighted by Gasteiger charge is -2.22. The maximum Gasteiger partial charge on any atom is 0.308 e. The van der Waals surface area contributed by atoms with Crippen LogP contribution in [0.2, 0.25) is 0 Å². The lowest BCUT2D eigenvalue weighted by Crippen LogP contribution is -3.00. The van der Waals surface area contributed by atoms with Gasteiger partial charge in [0.15, 0.2) is 23.0 Å². The molecule has 0 saturated heterocycles. The first kappa shape index (κ1) is 116. The van der Waals surface area contributed by atoms with Gasteiger partial charge in [-0.15, -0.1) is 0 Å². The van der Waals surface area contributed by atoms with Crippen LogP contribution in [0.3, 0.4) is 0 Å². The average Bonchev–Trinajstić information content (AvgIpc) is 0.746. The number of nitrogens with one attached hydrogen (secondary N) is 1. The number of phenolic OH excluding ortho intramolecular Hbond substituents is 2. The highest BCUT2D eigenvalue weighted by atomic mass is 79.9. The van der Waals surface area contributed by atoms with Gasteiger partial charge in [-0.2, -0.15) is 0 Å². The van der Waals surface area contributed by atoms with Gasteiger partial charge in [-0.25, -0.2) is 0 Å². The first-order chi connectivity index (χ1) is 64.5. The van der Waals surface area contributed by atoms with Gasteiger partial charge in [-0.05, 0) is 143 Å².